The van der Waals surface area contributed by atoms with Gasteiger partial charge >= 0.3 is 95.0 Å². The van der Waals surface area contributed by atoms with E-state index in [1.807, 2.05) is 0 Å². The van der Waals surface area contributed by atoms with Crippen molar-refractivity contribution in [2.45, 2.75) is 20.1 Å². The Bertz CT molecular complexity index is 81.8. The molecule has 2 N–H and O–H groups in total. The summed E-state index contributed by atoms with van der Waals surface area (Å²) in [5.74, 6) is 0. The van der Waals surface area contributed by atoms with Gasteiger partial charge in [0.25, 0.3) is 0 Å². The summed E-state index contributed by atoms with van der Waals surface area (Å²) in [6.07, 6.45) is 0.916. The van der Waals surface area contributed by atoms with Crippen LogP contribution in [0.15, 0.2) is 0 Å². The van der Waals surface area contributed by atoms with Crippen molar-refractivity contribution in [2.75, 3.05) is 13.2 Å². The van der Waals surface area contributed by atoms with Crippen LogP contribution in [0.3, 0.4) is 0 Å². The average Bonchev–Trinajstić information content (AvgIpc) is 2.05. The Morgan fingerprint density at radius 3 is 1.55 bits per heavy atom. The maximum absolute atomic E-state index is 5.59. The molecule has 0 aromatic rings. The first kappa shape index (κ1) is 12.8. The molecule has 0 spiro atoms. The number of rotatable bonds is 2. The fourth-order valence-electron chi connectivity index (χ4n) is 0.916. The second-order valence-electron chi connectivity index (χ2n) is 2.49. The van der Waals surface area contributed by atoms with Crippen LogP contribution in [0.5, 0.6) is 0 Å². The third kappa shape index (κ3) is 4.50. The topological polar surface area (TPSA) is 50.0 Å². The summed E-state index contributed by atoms with van der Waals surface area (Å²) in [5.41, 5.74) is 0. The van der Waals surface area contributed by atoms with Crippen molar-refractivity contribution in [3.05, 3.63) is 0 Å². The van der Waals surface area contributed by atoms with Gasteiger partial charge in [-0.25, -0.2) is 0 Å². The molecule has 1 aliphatic rings. The number of ether oxygens (including phenoxy) is 2. The van der Waals surface area contributed by atoms with Crippen LogP contribution < -0.4 is 0 Å². The van der Waals surface area contributed by atoms with Gasteiger partial charge < -0.3 is 5.48 Å². The van der Waals surface area contributed by atoms with E-state index in [1.54, 1.807) is 0 Å². The number of hydrogen-bond acceptors (Lipinski definition) is 2. The molecule has 1 rings (SSSR count). The van der Waals surface area contributed by atoms with Gasteiger partial charge in [0.05, 0.1) is 0 Å². The van der Waals surface area contributed by atoms with Crippen molar-refractivity contribution >= 4 is 0 Å². The SMILES string of the molecule is O.[Hg][CH2]C1COC([CH2][Hg])CO1. The van der Waals surface area contributed by atoms with Crippen molar-refractivity contribution in [3.63, 3.8) is 0 Å². The van der Waals surface area contributed by atoms with Crippen molar-refractivity contribution in [3.8, 4) is 0 Å². The molecule has 58 valence electrons. The number of hydrogen-bond donors (Lipinski definition) is 0. The fraction of sp³-hybridized carbons (Fsp3) is 1.00. The van der Waals surface area contributed by atoms with Gasteiger partial charge in [-0.3, -0.25) is 0 Å². The zero-order valence-electron chi connectivity index (χ0n) is 6.71. The van der Waals surface area contributed by atoms with Gasteiger partial charge in [0.15, 0.2) is 0 Å². The van der Waals surface area contributed by atoms with Crippen molar-refractivity contribution in [1.82, 2.24) is 0 Å². The van der Waals surface area contributed by atoms with E-state index in [0.717, 1.165) is 65.5 Å². The summed E-state index contributed by atoms with van der Waals surface area (Å²) in [5, 5.41) is 0. The van der Waals surface area contributed by atoms with Crippen LogP contribution in [-0.2, 0) is 61.7 Å². The van der Waals surface area contributed by atoms with Crippen molar-refractivity contribution in [1.29, 1.82) is 0 Å². The molecule has 3 nitrogen and oxygen atoms in total. The normalized spacial score (nSPS) is 31.3. The molecule has 0 radical (unpaired) electrons. The third-order valence-corrected chi connectivity index (χ3v) is 6.69. The summed E-state index contributed by atoms with van der Waals surface area (Å²) >= 11 is 1.74. The Labute approximate surface area is 99.4 Å². The van der Waals surface area contributed by atoms with E-state index in [1.165, 1.54) is 7.86 Å². The molecule has 0 amide bonds. The molecule has 0 saturated carbocycles. The van der Waals surface area contributed by atoms with Crippen LogP contribution >= 0.6 is 0 Å². The van der Waals surface area contributed by atoms with Crippen molar-refractivity contribution < 1.29 is 67.2 Å². The quantitative estimate of drug-likeness (QED) is 0.465. The first-order chi connectivity index (χ1) is 4.86. The predicted molar refractivity (Wildman–Crippen MR) is 32.7 cm³/mol. The summed E-state index contributed by atoms with van der Waals surface area (Å²) in [6, 6.07) is 0. The molecule has 2 unspecified atom stereocenters. The standard InChI is InChI=1S/C6H10O2.2Hg.H2O/c1-5-3-8-6(2)4-7-5;;;/h5-6H,1-4H2;;;1H2. The molecule has 0 bridgehead atoms. The summed E-state index contributed by atoms with van der Waals surface area (Å²) in [7, 11) is 0. The van der Waals surface area contributed by atoms with Crippen LogP contribution in [0, 0.1) is 0 Å². The van der Waals surface area contributed by atoms with Crippen LogP contribution in [0.2, 0.25) is 7.86 Å². The molecular weight excluding hydrogens is 521 g/mol. The first-order valence-electron chi connectivity index (χ1n) is 3.68. The van der Waals surface area contributed by atoms with Crippen LogP contribution in [0.25, 0.3) is 0 Å². The second kappa shape index (κ2) is 7.18. The second-order valence-corrected chi connectivity index (χ2v) is 6.98. The zero-order valence-corrected chi connectivity index (χ0v) is 17.7. The minimum absolute atomic E-state index is 0. The van der Waals surface area contributed by atoms with E-state index in [4.69, 9.17) is 9.47 Å². The Hall–Kier alpha value is 1.75. The Kier molecular flexibility index (Phi) is 8.32. The maximum atomic E-state index is 5.59. The van der Waals surface area contributed by atoms with Gasteiger partial charge in [0.1, 0.15) is 0 Å². The van der Waals surface area contributed by atoms with Gasteiger partial charge in [0, 0.05) is 0 Å². The van der Waals surface area contributed by atoms with E-state index in [2.05, 4.69) is 0 Å². The van der Waals surface area contributed by atoms with E-state index in [-0.39, 0.29) is 5.48 Å². The average molecular weight is 533 g/mol. The van der Waals surface area contributed by atoms with Gasteiger partial charge in [0.2, 0.25) is 0 Å². The summed E-state index contributed by atoms with van der Waals surface area (Å²) in [4.78, 5) is 0. The van der Waals surface area contributed by atoms with E-state index < -0.39 is 0 Å². The molecular formula is C6H12Hg2O3. The molecule has 1 saturated heterocycles. The van der Waals surface area contributed by atoms with E-state index in [0.29, 0.717) is 12.2 Å². The molecule has 0 aliphatic carbocycles. The Balaban J connectivity index is 0.000001000. The van der Waals surface area contributed by atoms with Gasteiger partial charge in [-0.15, -0.1) is 0 Å². The van der Waals surface area contributed by atoms with Gasteiger partial charge in [-0.05, 0) is 0 Å². The zero-order chi connectivity index (χ0) is 7.40. The molecule has 1 heterocycles. The van der Waals surface area contributed by atoms with Crippen LogP contribution in [0.4, 0.5) is 0 Å². The molecule has 2 atom stereocenters. The molecule has 5 heteroatoms. The molecule has 0 aromatic carbocycles. The molecule has 11 heavy (non-hydrogen) atoms. The predicted octanol–water partition coefficient (Wildman–Crippen LogP) is -0.124. The van der Waals surface area contributed by atoms with Crippen LogP contribution in [0.1, 0.15) is 0 Å². The molecule has 1 aliphatic heterocycles. The summed E-state index contributed by atoms with van der Waals surface area (Å²) < 4.78 is 13.7. The Morgan fingerprint density at radius 2 is 1.36 bits per heavy atom. The Morgan fingerprint density at radius 1 is 1.00 bits per heavy atom. The fourth-order valence-corrected chi connectivity index (χ4v) is 3.51. The minimum atomic E-state index is 0. The van der Waals surface area contributed by atoms with E-state index in [9.17, 15) is 0 Å². The third-order valence-electron chi connectivity index (χ3n) is 1.68. The van der Waals surface area contributed by atoms with Gasteiger partial charge in [-0.1, -0.05) is 0 Å². The summed E-state index contributed by atoms with van der Waals surface area (Å²) in [6.45, 7) is 1.73. The van der Waals surface area contributed by atoms with Crippen molar-refractivity contribution in [2.24, 2.45) is 0 Å². The van der Waals surface area contributed by atoms with Gasteiger partial charge in [-0.2, -0.15) is 0 Å². The van der Waals surface area contributed by atoms with E-state index >= 15 is 0 Å². The molecule has 0 aromatic heterocycles. The monoisotopic (exact) mass is 536 g/mol. The van der Waals surface area contributed by atoms with Crippen LogP contribution in [-0.4, -0.2) is 30.9 Å². The first-order valence-corrected chi connectivity index (χ1v) is 11.5. The molecule has 1 fully saturated rings.